The molecule has 92 valence electrons. The van der Waals surface area contributed by atoms with Crippen molar-refractivity contribution in [1.82, 2.24) is 0 Å². The van der Waals surface area contributed by atoms with Gasteiger partial charge in [0.2, 0.25) is 0 Å². The van der Waals surface area contributed by atoms with Gasteiger partial charge in [-0.15, -0.1) is 0 Å². The van der Waals surface area contributed by atoms with E-state index in [1.54, 1.807) is 18.2 Å². The van der Waals surface area contributed by atoms with E-state index in [0.29, 0.717) is 11.3 Å². The van der Waals surface area contributed by atoms with Crippen molar-refractivity contribution in [2.75, 3.05) is 5.73 Å². The molecule has 2 N–H and O–H groups in total. The lowest BCUT2D eigenvalue weighted by atomic mass is 9.97. The summed E-state index contributed by atoms with van der Waals surface area (Å²) < 4.78 is 0.805. The zero-order chi connectivity index (χ0) is 13.3. The number of halogens is 1. The lowest BCUT2D eigenvalue weighted by molar-refractivity contribution is 0.103. The predicted octanol–water partition coefficient (Wildman–Crippen LogP) is 3.88. The molecule has 3 heteroatoms. The predicted molar refractivity (Wildman–Crippen MR) is 77.9 cm³/mol. The van der Waals surface area contributed by atoms with Gasteiger partial charge in [0.25, 0.3) is 0 Å². The zero-order valence-corrected chi connectivity index (χ0v) is 11.9. The number of nitrogens with two attached hydrogens (primary N) is 1. The third-order valence-corrected chi connectivity index (χ3v) is 3.61. The highest BCUT2D eigenvalue weighted by Gasteiger charge is 2.12. The van der Waals surface area contributed by atoms with Crippen LogP contribution in [0.2, 0.25) is 0 Å². The Kier molecular flexibility index (Phi) is 3.53. The lowest BCUT2D eigenvalue weighted by Gasteiger charge is -2.07. The molecule has 0 aliphatic carbocycles. The van der Waals surface area contributed by atoms with Crippen LogP contribution in [-0.2, 0) is 0 Å². The van der Waals surface area contributed by atoms with Gasteiger partial charge in [-0.05, 0) is 53.5 Å². The molecule has 0 amide bonds. The largest absolute Gasteiger partial charge is 0.398 e. The van der Waals surface area contributed by atoms with Crippen LogP contribution in [0, 0.1) is 13.8 Å². The Labute approximate surface area is 115 Å². The lowest BCUT2D eigenvalue weighted by Crippen LogP contribution is -2.04. The van der Waals surface area contributed by atoms with Crippen LogP contribution in [0.1, 0.15) is 27.0 Å². The number of hydrogen-bond donors (Lipinski definition) is 1. The van der Waals surface area contributed by atoms with Gasteiger partial charge in [-0.1, -0.05) is 23.8 Å². The van der Waals surface area contributed by atoms with Crippen molar-refractivity contribution in [3.05, 3.63) is 63.1 Å². The number of carbonyl (C=O) groups is 1. The molecule has 0 unspecified atom stereocenters. The minimum Gasteiger partial charge on any atom is -0.398 e. The van der Waals surface area contributed by atoms with Gasteiger partial charge < -0.3 is 5.73 Å². The van der Waals surface area contributed by atoms with Crippen molar-refractivity contribution >= 4 is 27.4 Å². The Balaban J connectivity index is 2.44. The summed E-state index contributed by atoms with van der Waals surface area (Å²) in [5.74, 6) is 0.00620. The van der Waals surface area contributed by atoms with Gasteiger partial charge in [0.15, 0.2) is 5.78 Å². The molecule has 0 heterocycles. The van der Waals surface area contributed by atoms with Crippen molar-refractivity contribution in [2.24, 2.45) is 0 Å². The third-order valence-electron chi connectivity index (χ3n) is 2.88. The minimum atomic E-state index is 0.00620. The first-order valence-corrected chi connectivity index (χ1v) is 6.45. The maximum absolute atomic E-state index is 12.4. The van der Waals surface area contributed by atoms with Crippen molar-refractivity contribution in [1.29, 1.82) is 0 Å². The molecule has 0 aliphatic heterocycles. The van der Waals surface area contributed by atoms with Gasteiger partial charge in [-0.2, -0.15) is 0 Å². The first kappa shape index (κ1) is 12.8. The first-order valence-electron chi connectivity index (χ1n) is 5.66. The van der Waals surface area contributed by atoms with Crippen LogP contribution in [-0.4, -0.2) is 5.78 Å². The monoisotopic (exact) mass is 303 g/mol. The number of anilines is 1. The molecule has 18 heavy (non-hydrogen) atoms. The summed E-state index contributed by atoms with van der Waals surface area (Å²) in [5, 5.41) is 0. The van der Waals surface area contributed by atoms with Gasteiger partial charge in [-0.25, -0.2) is 0 Å². The maximum atomic E-state index is 12.4. The SMILES string of the molecule is Cc1ccc(C(=O)c2ccc(Br)c(N)c2)c(C)c1. The fourth-order valence-electron chi connectivity index (χ4n) is 1.91. The maximum Gasteiger partial charge on any atom is 0.193 e. The smallest absolute Gasteiger partial charge is 0.193 e. The molecule has 0 spiro atoms. The van der Waals surface area contributed by atoms with Crippen LogP contribution < -0.4 is 5.73 Å². The standard InChI is InChI=1S/C15H14BrNO/c1-9-3-5-12(10(2)7-9)15(18)11-4-6-13(16)14(17)8-11/h3-8H,17H2,1-2H3. The summed E-state index contributed by atoms with van der Waals surface area (Å²) in [5.41, 5.74) is 9.85. The molecule has 2 aromatic carbocycles. The summed E-state index contributed by atoms with van der Waals surface area (Å²) in [4.78, 5) is 12.4. The zero-order valence-electron chi connectivity index (χ0n) is 10.3. The molecule has 2 aromatic rings. The fourth-order valence-corrected chi connectivity index (χ4v) is 2.16. The van der Waals surface area contributed by atoms with Crippen LogP contribution in [0.4, 0.5) is 5.69 Å². The van der Waals surface area contributed by atoms with E-state index in [9.17, 15) is 4.79 Å². The van der Waals surface area contributed by atoms with Gasteiger partial charge >= 0.3 is 0 Å². The Bertz CT molecular complexity index is 620. The van der Waals surface area contributed by atoms with E-state index in [1.165, 1.54) is 0 Å². The Morgan fingerprint density at radius 1 is 1.11 bits per heavy atom. The number of carbonyl (C=O) groups excluding carboxylic acids is 1. The first-order chi connectivity index (χ1) is 8.49. The molecule has 0 saturated carbocycles. The average molecular weight is 304 g/mol. The summed E-state index contributed by atoms with van der Waals surface area (Å²) in [6.45, 7) is 3.96. The Hall–Kier alpha value is -1.61. The average Bonchev–Trinajstić information content (AvgIpc) is 2.32. The quantitative estimate of drug-likeness (QED) is 0.676. The number of rotatable bonds is 2. The van der Waals surface area contributed by atoms with Gasteiger partial charge in [0.1, 0.15) is 0 Å². The second-order valence-corrected chi connectivity index (χ2v) is 5.24. The molecule has 0 bridgehead atoms. The van der Waals surface area contributed by atoms with E-state index >= 15 is 0 Å². The summed E-state index contributed by atoms with van der Waals surface area (Å²) >= 11 is 3.32. The molecule has 0 atom stereocenters. The molecule has 0 fully saturated rings. The highest BCUT2D eigenvalue weighted by atomic mass is 79.9. The van der Waals surface area contributed by atoms with E-state index in [-0.39, 0.29) is 5.78 Å². The van der Waals surface area contributed by atoms with Crippen LogP contribution in [0.15, 0.2) is 40.9 Å². The normalized spacial score (nSPS) is 10.4. The minimum absolute atomic E-state index is 0.00620. The molecule has 0 aromatic heterocycles. The van der Waals surface area contributed by atoms with Crippen LogP contribution in [0.5, 0.6) is 0 Å². The van der Waals surface area contributed by atoms with Crippen LogP contribution in [0.25, 0.3) is 0 Å². The number of aryl methyl sites for hydroxylation is 2. The fraction of sp³-hybridized carbons (Fsp3) is 0.133. The molecular weight excluding hydrogens is 290 g/mol. The highest BCUT2D eigenvalue weighted by Crippen LogP contribution is 2.23. The van der Waals surface area contributed by atoms with Crippen LogP contribution in [0.3, 0.4) is 0 Å². The number of ketones is 1. The molecule has 0 radical (unpaired) electrons. The summed E-state index contributed by atoms with van der Waals surface area (Å²) in [6.07, 6.45) is 0. The molecule has 0 aliphatic rings. The Morgan fingerprint density at radius 3 is 2.44 bits per heavy atom. The van der Waals surface area contributed by atoms with E-state index in [4.69, 9.17) is 5.73 Å². The van der Waals surface area contributed by atoms with Gasteiger partial charge in [-0.3, -0.25) is 4.79 Å². The second-order valence-electron chi connectivity index (χ2n) is 4.38. The summed E-state index contributed by atoms with van der Waals surface area (Å²) in [6, 6.07) is 11.1. The van der Waals surface area contributed by atoms with E-state index in [1.807, 2.05) is 32.0 Å². The van der Waals surface area contributed by atoms with Gasteiger partial charge in [0.05, 0.1) is 0 Å². The van der Waals surface area contributed by atoms with E-state index in [2.05, 4.69) is 15.9 Å². The molecule has 2 rings (SSSR count). The molecule has 2 nitrogen and oxygen atoms in total. The number of hydrogen-bond acceptors (Lipinski definition) is 2. The Morgan fingerprint density at radius 2 is 1.83 bits per heavy atom. The number of benzene rings is 2. The molecule has 0 saturated heterocycles. The van der Waals surface area contributed by atoms with E-state index < -0.39 is 0 Å². The second kappa shape index (κ2) is 4.94. The van der Waals surface area contributed by atoms with Crippen molar-refractivity contribution < 1.29 is 4.79 Å². The van der Waals surface area contributed by atoms with Crippen molar-refractivity contribution in [2.45, 2.75) is 13.8 Å². The molecular formula is C15H14BrNO. The van der Waals surface area contributed by atoms with Gasteiger partial charge in [0, 0.05) is 21.3 Å². The highest BCUT2D eigenvalue weighted by molar-refractivity contribution is 9.10. The van der Waals surface area contributed by atoms with Crippen LogP contribution >= 0.6 is 15.9 Å². The van der Waals surface area contributed by atoms with E-state index in [0.717, 1.165) is 21.2 Å². The summed E-state index contributed by atoms with van der Waals surface area (Å²) in [7, 11) is 0. The topological polar surface area (TPSA) is 43.1 Å². The van der Waals surface area contributed by atoms with Crippen molar-refractivity contribution in [3.63, 3.8) is 0 Å². The number of nitrogen functional groups attached to an aromatic ring is 1. The third kappa shape index (κ3) is 2.46. The van der Waals surface area contributed by atoms with Crippen molar-refractivity contribution in [3.8, 4) is 0 Å².